The summed E-state index contributed by atoms with van der Waals surface area (Å²) >= 11 is 0. The minimum absolute atomic E-state index is 0.00410. The van der Waals surface area contributed by atoms with E-state index in [-0.39, 0.29) is 18.1 Å². The van der Waals surface area contributed by atoms with Gasteiger partial charge >= 0.3 is 5.97 Å². The number of nitrogens with one attached hydrogen (secondary N) is 1. The van der Waals surface area contributed by atoms with Gasteiger partial charge in [0.25, 0.3) is 0 Å². The topological polar surface area (TPSA) is 58.6 Å². The van der Waals surface area contributed by atoms with Crippen molar-refractivity contribution < 1.29 is 14.6 Å². The van der Waals surface area contributed by atoms with Crippen molar-refractivity contribution in [3.05, 3.63) is 11.8 Å². The molecule has 0 aromatic rings. The van der Waals surface area contributed by atoms with E-state index in [1.807, 2.05) is 6.92 Å². The molecule has 2 unspecified atom stereocenters. The second-order valence-electron chi connectivity index (χ2n) is 3.46. The SMILES string of the molecule is CCOC(=O)/C=C1/CCC(O)C(C)N1. The molecule has 0 amide bonds. The molecule has 0 bridgehead atoms. The van der Waals surface area contributed by atoms with Gasteiger partial charge in [0.15, 0.2) is 0 Å². The number of aliphatic hydroxyl groups excluding tert-OH is 1. The molecule has 0 spiro atoms. The summed E-state index contributed by atoms with van der Waals surface area (Å²) in [6.07, 6.45) is 2.53. The van der Waals surface area contributed by atoms with E-state index >= 15 is 0 Å². The second-order valence-corrected chi connectivity index (χ2v) is 3.46. The molecule has 0 aromatic carbocycles. The number of piperidine rings is 1. The molecule has 1 aliphatic heterocycles. The molecular formula is C10H17NO3. The number of aliphatic hydroxyl groups is 1. The van der Waals surface area contributed by atoms with Crippen LogP contribution < -0.4 is 5.32 Å². The van der Waals surface area contributed by atoms with Crippen LogP contribution in [0.4, 0.5) is 0 Å². The van der Waals surface area contributed by atoms with Crippen LogP contribution in [0.1, 0.15) is 26.7 Å². The van der Waals surface area contributed by atoms with Crippen LogP contribution in [-0.2, 0) is 9.53 Å². The van der Waals surface area contributed by atoms with Crippen molar-refractivity contribution in [3.63, 3.8) is 0 Å². The second kappa shape index (κ2) is 5.00. The van der Waals surface area contributed by atoms with Crippen LogP contribution in [0.25, 0.3) is 0 Å². The highest BCUT2D eigenvalue weighted by molar-refractivity contribution is 5.82. The lowest BCUT2D eigenvalue weighted by molar-refractivity contribution is -0.137. The van der Waals surface area contributed by atoms with Crippen molar-refractivity contribution in [3.8, 4) is 0 Å². The molecule has 1 saturated heterocycles. The Bertz CT molecular complexity index is 238. The summed E-state index contributed by atoms with van der Waals surface area (Å²) in [6.45, 7) is 4.06. The lowest BCUT2D eigenvalue weighted by atomic mass is 10.0. The number of rotatable bonds is 2. The third-order valence-corrected chi connectivity index (χ3v) is 2.28. The zero-order valence-corrected chi connectivity index (χ0v) is 8.62. The van der Waals surface area contributed by atoms with Crippen molar-refractivity contribution in [1.29, 1.82) is 0 Å². The van der Waals surface area contributed by atoms with Gasteiger partial charge in [-0.15, -0.1) is 0 Å². The van der Waals surface area contributed by atoms with Crippen molar-refractivity contribution in [2.24, 2.45) is 0 Å². The molecule has 2 N–H and O–H groups in total. The van der Waals surface area contributed by atoms with Crippen LogP contribution in [-0.4, -0.2) is 29.8 Å². The molecule has 1 aliphatic rings. The monoisotopic (exact) mass is 199 g/mol. The summed E-state index contributed by atoms with van der Waals surface area (Å²) in [5.74, 6) is -0.321. The molecule has 0 radical (unpaired) electrons. The first-order valence-electron chi connectivity index (χ1n) is 4.95. The number of hydrogen-bond donors (Lipinski definition) is 2. The summed E-state index contributed by atoms with van der Waals surface area (Å²) in [7, 11) is 0. The average Bonchev–Trinajstić information content (AvgIpc) is 2.12. The van der Waals surface area contributed by atoms with Gasteiger partial charge in [0.05, 0.1) is 12.7 Å². The number of hydrogen-bond acceptors (Lipinski definition) is 4. The average molecular weight is 199 g/mol. The van der Waals surface area contributed by atoms with Crippen LogP contribution in [0.5, 0.6) is 0 Å². The Balaban J connectivity index is 2.49. The first kappa shape index (κ1) is 11.0. The molecule has 1 rings (SSSR count). The molecule has 0 aromatic heterocycles. The molecule has 4 heteroatoms. The van der Waals surface area contributed by atoms with Gasteiger partial charge in [-0.1, -0.05) is 0 Å². The lowest BCUT2D eigenvalue weighted by Gasteiger charge is -2.28. The normalized spacial score (nSPS) is 29.8. The fourth-order valence-electron chi connectivity index (χ4n) is 1.45. The van der Waals surface area contributed by atoms with E-state index in [2.05, 4.69) is 5.32 Å². The Kier molecular flexibility index (Phi) is 3.95. The van der Waals surface area contributed by atoms with E-state index in [0.29, 0.717) is 19.4 Å². The molecule has 14 heavy (non-hydrogen) atoms. The fourth-order valence-corrected chi connectivity index (χ4v) is 1.45. The smallest absolute Gasteiger partial charge is 0.332 e. The molecule has 80 valence electrons. The third-order valence-electron chi connectivity index (χ3n) is 2.28. The number of esters is 1. The molecule has 0 aliphatic carbocycles. The summed E-state index contributed by atoms with van der Waals surface area (Å²) in [6, 6.07) is 0.00410. The van der Waals surface area contributed by atoms with Crippen LogP contribution in [0.15, 0.2) is 11.8 Å². The predicted octanol–water partition coefficient (Wildman–Crippen LogP) is 0.566. The Hall–Kier alpha value is -1.03. The summed E-state index contributed by atoms with van der Waals surface area (Å²) in [5.41, 5.74) is 0.848. The van der Waals surface area contributed by atoms with Crippen LogP contribution in [0, 0.1) is 0 Å². The van der Waals surface area contributed by atoms with Crippen molar-refractivity contribution in [2.75, 3.05) is 6.61 Å². The highest BCUT2D eigenvalue weighted by Crippen LogP contribution is 2.15. The number of carbonyl (C=O) groups excluding carboxylic acids is 1. The van der Waals surface area contributed by atoms with E-state index in [9.17, 15) is 9.90 Å². The minimum Gasteiger partial charge on any atom is -0.463 e. The summed E-state index contributed by atoms with van der Waals surface area (Å²) < 4.78 is 4.79. The van der Waals surface area contributed by atoms with Crippen LogP contribution >= 0.6 is 0 Å². The molecular weight excluding hydrogens is 182 g/mol. The number of carbonyl (C=O) groups is 1. The zero-order chi connectivity index (χ0) is 10.6. The fraction of sp³-hybridized carbons (Fsp3) is 0.700. The number of allylic oxidation sites excluding steroid dienone is 1. The van der Waals surface area contributed by atoms with Crippen LogP contribution in [0.2, 0.25) is 0 Å². The maximum absolute atomic E-state index is 11.1. The van der Waals surface area contributed by atoms with E-state index in [0.717, 1.165) is 5.70 Å². The molecule has 1 heterocycles. The van der Waals surface area contributed by atoms with Crippen molar-refractivity contribution in [2.45, 2.75) is 38.8 Å². The van der Waals surface area contributed by atoms with E-state index in [4.69, 9.17) is 4.74 Å². The summed E-state index contributed by atoms with van der Waals surface area (Å²) in [5, 5.41) is 12.5. The van der Waals surface area contributed by atoms with Gasteiger partial charge in [-0.2, -0.15) is 0 Å². The van der Waals surface area contributed by atoms with Crippen molar-refractivity contribution in [1.82, 2.24) is 5.32 Å². The van der Waals surface area contributed by atoms with Gasteiger partial charge in [-0.25, -0.2) is 4.79 Å². The van der Waals surface area contributed by atoms with Gasteiger partial charge in [-0.3, -0.25) is 0 Å². The van der Waals surface area contributed by atoms with E-state index in [1.54, 1.807) is 6.92 Å². The zero-order valence-electron chi connectivity index (χ0n) is 8.62. The minimum atomic E-state index is -0.325. The maximum Gasteiger partial charge on any atom is 0.332 e. The highest BCUT2D eigenvalue weighted by Gasteiger charge is 2.21. The van der Waals surface area contributed by atoms with Crippen molar-refractivity contribution >= 4 is 5.97 Å². The van der Waals surface area contributed by atoms with Gasteiger partial charge in [0.1, 0.15) is 0 Å². The third kappa shape index (κ3) is 3.03. The predicted molar refractivity (Wildman–Crippen MR) is 52.6 cm³/mol. The Labute approximate surface area is 83.9 Å². The Morgan fingerprint density at radius 1 is 1.79 bits per heavy atom. The standard InChI is InChI=1S/C10H17NO3/c1-3-14-10(13)6-8-4-5-9(12)7(2)11-8/h6-7,9,11-12H,3-5H2,1-2H3/b8-6-. The maximum atomic E-state index is 11.1. The largest absolute Gasteiger partial charge is 0.463 e. The molecule has 1 fully saturated rings. The number of ether oxygens (including phenoxy) is 1. The Morgan fingerprint density at radius 3 is 3.07 bits per heavy atom. The Morgan fingerprint density at radius 2 is 2.50 bits per heavy atom. The first-order chi connectivity index (χ1) is 6.63. The van der Waals surface area contributed by atoms with E-state index < -0.39 is 0 Å². The molecule has 4 nitrogen and oxygen atoms in total. The van der Waals surface area contributed by atoms with Crippen LogP contribution in [0.3, 0.4) is 0 Å². The molecule has 0 saturated carbocycles. The first-order valence-corrected chi connectivity index (χ1v) is 4.95. The van der Waals surface area contributed by atoms with Gasteiger partial charge in [0.2, 0.25) is 0 Å². The lowest BCUT2D eigenvalue weighted by Crippen LogP contribution is -2.41. The van der Waals surface area contributed by atoms with Gasteiger partial charge < -0.3 is 15.2 Å². The summed E-state index contributed by atoms with van der Waals surface area (Å²) in [4.78, 5) is 11.1. The molecule has 2 atom stereocenters. The van der Waals surface area contributed by atoms with Gasteiger partial charge in [-0.05, 0) is 26.7 Å². The highest BCUT2D eigenvalue weighted by atomic mass is 16.5. The van der Waals surface area contributed by atoms with Gasteiger partial charge in [0, 0.05) is 17.8 Å². The quantitative estimate of drug-likeness (QED) is 0.504. The van der Waals surface area contributed by atoms with E-state index in [1.165, 1.54) is 6.08 Å².